The molecule has 0 unspecified atom stereocenters. The summed E-state index contributed by atoms with van der Waals surface area (Å²) < 4.78 is 10.7. The lowest BCUT2D eigenvalue weighted by atomic mass is 9.87. The Balaban J connectivity index is 1.42. The minimum atomic E-state index is 0.188. The molecular weight excluding hydrogens is 364 g/mol. The Morgan fingerprint density at radius 1 is 1.03 bits per heavy atom. The number of methoxy groups -OCH3 is 2. The molecule has 1 aliphatic carbocycles. The molecule has 0 spiro atoms. The summed E-state index contributed by atoms with van der Waals surface area (Å²) in [4.78, 5) is 17.4. The van der Waals surface area contributed by atoms with Gasteiger partial charge >= 0.3 is 0 Å². The average molecular weight is 403 g/mol. The molecule has 0 aromatic heterocycles. The van der Waals surface area contributed by atoms with Crippen molar-refractivity contribution in [1.82, 2.24) is 9.80 Å². The predicted octanol–water partition coefficient (Wildman–Crippen LogP) is 4.00. The van der Waals surface area contributed by atoms with E-state index in [2.05, 4.69) is 4.90 Å². The van der Waals surface area contributed by atoms with Gasteiger partial charge in [-0.15, -0.1) is 0 Å². The minimum Gasteiger partial charge on any atom is -0.493 e. The second kappa shape index (κ2) is 10.9. The molecule has 0 bridgehead atoms. The fourth-order valence-electron chi connectivity index (χ4n) is 4.85. The summed E-state index contributed by atoms with van der Waals surface area (Å²) in [6, 6.07) is 5.97. The van der Waals surface area contributed by atoms with E-state index in [9.17, 15) is 4.79 Å². The molecule has 0 radical (unpaired) electrons. The zero-order chi connectivity index (χ0) is 20.6. The summed E-state index contributed by atoms with van der Waals surface area (Å²) in [6.07, 6.45) is 9.87. The van der Waals surface area contributed by atoms with E-state index in [0.717, 1.165) is 61.9 Å². The van der Waals surface area contributed by atoms with Gasteiger partial charge in [-0.3, -0.25) is 4.79 Å². The van der Waals surface area contributed by atoms with E-state index in [1.807, 2.05) is 30.1 Å². The molecule has 2 aliphatic rings. The van der Waals surface area contributed by atoms with Crippen molar-refractivity contribution in [2.45, 2.75) is 51.4 Å². The Morgan fingerprint density at radius 2 is 1.72 bits per heavy atom. The van der Waals surface area contributed by atoms with Crippen molar-refractivity contribution in [3.63, 3.8) is 0 Å². The van der Waals surface area contributed by atoms with Gasteiger partial charge in [-0.05, 0) is 68.8 Å². The number of amides is 1. The first-order valence-electron chi connectivity index (χ1n) is 11.3. The first-order chi connectivity index (χ1) is 14.1. The summed E-state index contributed by atoms with van der Waals surface area (Å²) in [5, 5.41) is 0. The second-order valence-electron chi connectivity index (χ2n) is 8.78. The van der Waals surface area contributed by atoms with Crippen molar-refractivity contribution < 1.29 is 14.3 Å². The standard InChI is InChI=1S/C24H38N2O3/c1-25(14-11-19-9-10-22(28-2)23(17-19)29-3)24(27)21-12-15-26(16-13-21)18-20-7-5-4-6-8-20/h9-10,17,20-21H,4-8,11-16,18H2,1-3H3. The molecule has 1 heterocycles. The van der Waals surface area contributed by atoms with Gasteiger partial charge in [-0.1, -0.05) is 25.3 Å². The first kappa shape index (κ1) is 21.9. The Bertz CT molecular complexity index is 650. The molecule has 0 atom stereocenters. The topological polar surface area (TPSA) is 42.0 Å². The van der Waals surface area contributed by atoms with Crippen molar-refractivity contribution in [2.75, 3.05) is 47.4 Å². The Labute approximate surface area is 176 Å². The van der Waals surface area contributed by atoms with Gasteiger partial charge < -0.3 is 19.3 Å². The number of nitrogens with zero attached hydrogens (tertiary/aromatic N) is 2. The average Bonchev–Trinajstić information content (AvgIpc) is 2.78. The molecule has 1 amide bonds. The molecule has 1 saturated heterocycles. The van der Waals surface area contributed by atoms with Gasteiger partial charge in [-0.25, -0.2) is 0 Å². The number of carbonyl (C=O) groups is 1. The van der Waals surface area contributed by atoms with Gasteiger partial charge in [0.1, 0.15) is 0 Å². The highest BCUT2D eigenvalue weighted by Gasteiger charge is 2.28. The van der Waals surface area contributed by atoms with Gasteiger partial charge in [0.15, 0.2) is 11.5 Å². The second-order valence-corrected chi connectivity index (χ2v) is 8.78. The number of likely N-dealkylation sites (tertiary alicyclic amines) is 1. The van der Waals surface area contributed by atoms with Crippen LogP contribution in [0.4, 0.5) is 0 Å². The van der Waals surface area contributed by atoms with E-state index < -0.39 is 0 Å². The largest absolute Gasteiger partial charge is 0.493 e. The van der Waals surface area contributed by atoms with E-state index in [-0.39, 0.29) is 5.92 Å². The Hall–Kier alpha value is -1.75. The summed E-state index contributed by atoms with van der Waals surface area (Å²) in [5.41, 5.74) is 1.16. The van der Waals surface area contributed by atoms with Crippen LogP contribution in [0, 0.1) is 11.8 Å². The number of ether oxygens (including phenoxy) is 2. The monoisotopic (exact) mass is 402 g/mol. The Kier molecular flexibility index (Phi) is 8.22. The lowest BCUT2D eigenvalue weighted by Gasteiger charge is -2.36. The van der Waals surface area contributed by atoms with Crippen LogP contribution in [-0.2, 0) is 11.2 Å². The SMILES string of the molecule is COc1ccc(CCN(C)C(=O)C2CCN(CC3CCCCC3)CC2)cc1OC. The third-order valence-corrected chi connectivity index (χ3v) is 6.74. The van der Waals surface area contributed by atoms with E-state index in [1.165, 1.54) is 38.6 Å². The van der Waals surface area contributed by atoms with Gasteiger partial charge in [0.05, 0.1) is 14.2 Å². The maximum Gasteiger partial charge on any atom is 0.225 e. The van der Waals surface area contributed by atoms with Crippen molar-refractivity contribution in [1.29, 1.82) is 0 Å². The van der Waals surface area contributed by atoms with Crippen molar-refractivity contribution >= 4 is 5.91 Å². The molecule has 3 rings (SSSR count). The van der Waals surface area contributed by atoms with E-state index in [1.54, 1.807) is 14.2 Å². The van der Waals surface area contributed by atoms with Crippen molar-refractivity contribution in [3.05, 3.63) is 23.8 Å². The lowest BCUT2D eigenvalue weighted by molar-refractivity contribution is -0.135. The van der Waals surface area contributed by atoms with Crippen molar-refractivity contribution in [3.8, 4) is 11.5 Å². The molecule has 5 nitrogen and oxygen atoms in total. The molecule has 2 fully saturated rings. The predicted molar refractivity (Wildman–Crippen MR) is 117 cm³/mol. The van der Waals surface area contributed by atoms with Crippen molar-refractivity contribution in [2.24, 2.45) is 11.8 Å². The van der Waals surface area contributed by atoms with Crippen LogP contribution in [0.3, 0.4) is 0 Å². The molecule has 29 heavy (non-hydrogen) atoms. The Morgan fingerprint density at radius 3 is 2.38 bits per heavy atom. The van der Waals surface area contributed by atoms with E-state index in [0.29, 0.717) is 5.91 Å². The highest BCUT2D eigenvalue weighted by atomic mass is 16.5. The maximum atomic E-state index is 12.9. The molecule has 1 aromatic rings. The lowest BCUT2D eigenvalue weighted by Crippen LogP contribution is -2.43. The number of likely N-dealkylation sites (N-methyl/N-ethyl adjacent to an activating group) is 1. The number of carbonyl (C=O) groups excluding carboxylic acids is 1. The normalized spacial score (nSPS) is 19.1. The molecule has 0 N–H and O–H groups in total. The van der Waals surface area contributed by atoms with Crippen LogP contribution >= 0.6 is 0 Å². The van der Waals surface area contributed by atoms with Gasteiger partial charge in [-0.2, -0.15) is 0 Å². The zero-order valence-corrected chi connectivity index (χ0v) is 18.5. The highest BCUT2D eigenvalue weighted by Crippen LogP contribution is 2.28. The number of rotatable bonds is 8. The van der Waals surface area contributed by atoms with Crippen LogP contribution < -0.4 is 9.47 Å². The molecule has 5 heteroatoms. The van der Waals surface area contributed by atoms with Gasteiger partial charge in [0, 0.05) is 26.1 Å². The summed E-state index contributed by atoms with van der Waals surface area (Å²) >= 11 is 0. The quantitative estimate of drug-likeness (QED) is 0.659. The number of piperidine rings is 1. The summed E-state index contributed by atoms with van der Waals surface area (Å²) in [7, 11) is 5.24. The van der Waals surface area contributed by atoms with Gasteiger partial charge in [0.2, 0.25) is 5.91 Å². The summed E-state index contributed by atoms with van der Waals surface area (Å²) in [6.45, 7) is 4.14. The van der Waals surface area contributed by atoms with Crippen LogP contribution in [0.1, 0.15) is 50.5 Å². The molecule has 162 valence electrons. The summed E-state index contributed by atoms with van der Waals surface area (Å²) in [5.74, 6) is 2.86. The maximum absolute atomic E-state index is 12.9. The van der Waals surface area contributed by atoms with E-state index >= 15 is 0 Å². The van der Waals surface area contributed by atoms with E-state index in [4.69, 9.17) is 9.47 Å². The number of hydrogen-bond donors (Lipinski definition) is 0. The van der Waals surface area contributed by atoms with Gasteiger partial charge in [0.25, 0.3) is 0 Å². The third kappa shape index (κ3) is 6.11. The van der Waals surface area contributed by atoms with Crippen LogP contribution in [0.15, 0.2) is 18.2 Å². The smallest absolute Gasteiger partial charge is 0.225 e. The van der Waals surface area contributed by atoms with Crippen LogP contribution in [-0.4, -0.2) is 63.2 Å². The van der Waals surface area contributed by atoms with Crippen LogP contribution in [0.2, 0.25) is 0 Å². The molecular formula is C24H38N2O3. The third-order valence-electron chi connectivity index (χ3n) is 6.74. The number of hydrogen-bond acceptors (Lipinski definition) is 4. The zero-order valence-electron chi connectivity index (χ0n) is 18.5. The fraction of sp³-hybridized carbons (Fsp3) is 0.708. The molecule has 1 aliphatic heterocycles. The van der Waals surface area contributed by atoms with Crippen LogP contribution in [0.25, 0.3) is 0 Å². The minimum absolute atomic E-state index is 0.188. The fourth-order valence-corrected chi connectivity index (χ4v) is 4.85. The molecule has 1 saturated carbocycles. The molecule has 1 aromatic carbocycles. The highest BCUT2D eigenvalue weighted by molar-refractivity contribution is 5.78. The first-order valence-corrected chi connectivity index (χ1v) is 11.3. The number of benzene rings is 1. The van der Waals surface area contributed by atoms with Crippen LogP contribution in [0.5, 0.6) is 11.5 Å².